The molecule has 1 aliphatic heterocycles. The molecule has 2 fully saturated rings. The van der Waals surface area contributed by atoms with E-state index >= 15 is 0 Å². The van der Waals surface area contributed by atoms with Crippen molar-refractivity contribution >= 4 is 17.6 Å². The largest absolute Gasteiger partial charge is 0.490 e. The fourth-order valence-corrected chi connectivity index (χ4v) is 4.81. The van der Waals surface area contributed by atoms with E-state index in [-0.39, 0.29) is 23.8 Å². The van der Waals surface area contributed by atoms with Crippen molar-refractivity contribution in [1.82, 2.24) is 9.88 Å². The van der Waals surface area contributed by atoms with Crippen molar-refractivity contribution in [2.75, 3.05) is 36.4 Å². The van der Waals surface area contributed by atoms with Gasteiger partial charge in [0.05, 0.1) is 23.3 Å². The molecule has 210 valence electrons. The van der Waals surface area contributed by atoms with Crippen LogP contribution in [-0.4, -0.2) is 59.9 Å². The van der Waals surface area contributed by atoms with Crippen LogP contribution in [0.15, 0.2) is 36.5 Å². The van der Waals surface area contributed by atoms with Gasteiger partial charge in [0.2, 0.25) is 0 Å². The summed E-state index contributed by atoms with van der Waals surface area (Å²) in [6, 6.07) is 9.08. The maximum absolute atomic E-state index is 13.3. The number of nitrogens with one attached hydrogen (secondary N) is 1. The minimum absolute atomic E-state index is 0.00554. The second kappa shape index (κ2) is 11.6. The van der Waals surface area contributed by atoms with Crippen LogP contribution in [-0.2, 0) is 10.9 Å². The lowest BCUT2D eigenvalue weighted by molar-refractivity contribution is -0.137. The first-order valence-electron chi connectivity index (χ1n) is 13.1. The molecule has 0 bridgehead atoms. The van der Waals surface area contributed by atoms with E-state index in [2.05, 4.69) is 15.2 Å². The molecule has 1 aliphatic carbocycles. The molecule has 1 aromatic heterocycles. The lowest BCUT2D eigenvalue weighted by Gasteiger charge is -2.36. The number of pyridine rings is 1. The van der Waals surface area contributed by atoms with Crippen LogP contribution >= 0.6 is 0 Å². The minimum atomic E-state index is -4.58. The van der Waals surface area contributed by atoms with E-state index in [0.29, 0.717) is 37.6 Å². The van der Waals surface area contributed by atoms with E-state index in [1.807, 2.05) is 32.9 Å². The summed E-state index contributed by atoms with van der Waals surface area (Å²) in [5, 5.41) is 12.2. The summed E-state index contributed by atoms with van der Waals surface area (Å²) in [5.41, 5.74) is -1.48. The maximum Gasteiger partial charge on any atom is 0.417 e. The molecule has 0 atom stereocenters. The average Bonchev–Trinajstić information content (AvgIpc) is 2.88. The van der Waals surface area contributed by atoms with E-state index < -0.39 is 17.3 Å². The van der Waals surface area contributed by atoms with Crippen molar-refractivity contribution in [3.63, 3.8) is 0 Å². The number of carbonyl (C=O) groups is 1. The number of nitrogens with zero attached hydrogens (tertiary/aromatic N) is 4. The maximum atomic E-state index is 13.3. The molecule has 0 radical (unpaired) electrons. The van der Waals surface area contributed by atoms with Gasteiger partial charge in [-0.25, -0.2) is 9.78 Å². The van der Waals surface area contributed by atoms with E-state index in [1.165, 1.54) is 12.1 Å². The summed E-state index contributed by atoms with van der Waals surface area (Å²) in [6.45, 7) is 7.91. The lowest BCUT2D eigenvalue weighted by atomic mass is 9.92. The van der Waals surface area contributed by atoms with Crippen LogP contribution in [0.2, 0.25) is 0 Å². The van der Waals surface area contributed by atoms with E-state index in [1.54, 1.807) is 17.2 Å². The van der Waals surface area contributed by atoms with Crippen molar-refractivity contribution in [3.05, 3.63) is 47.7 Å². The third-order valence-corrected chi connectivity index (χ3v) is 6.77. The van der Waals surface area contributed by atoms with Crippen LogP contribution in [0.1, 0.15) is 57.6 Å². The molecule has 2 aliphatic rings. The Balaban J connectivity index is 1.27. The first-order valence-corrected chi connectivity index (χ1v) is 13.1. The molecule has 2 heterocycles. The highest BCUT2D eigenvalue weighted by atomic mass is 19.4. The van der Waals surface area contributed by atoms with Crippen molar-refractivity contribution in [3.8, 4) is 11.8 Å². The first kappa shape index (κ1) is 28.3. The standard InChI is InChI=1S/C28H34F3N5O3/c1-27(2,3)39-26(37)36-14-12-35(13-15-36)25-17-23(10-11-33-25)38-22-8-6-20(7-9-22)34-21-5-4-19(18-32)24(16-21)28(29,30)31/h4-5,10-11,16-17,20,22,34H,6-9,12-15H2,1-3H3. The number of ether oxygens (including phenoxy) is 2. The van der Waals surface area contributed by atoms with E-state index in [9.17, 15) is 18.0 Å². The number of aromatic nitrogens is 1. The van der Waals surface area contributed by atoms with Crippen molar-refractivity contribution < 1.29 is 27.4 Å². The molecule has 1 aromatic carbocycles. The number of carbonyl (C=O) groups excluding carboxylic acids is 1. The molecule has 1 amide bonds. The van der Waals surface area contributed by atoms with Gasteiger partial charge < -0.3 is 24.6 Å². The normalized spacial score (nSPS) is 20.2. The molecule has 1 saturated carbocycles. The zero-order chi connectivity index (χ0) is 28.2. The third-order valence-electron chi connectivity index (χ3n) is 6.77. The molecule has 4 rings (SSSR count). The molecular formula is C28H34F3N5O3. The van der Waals surface area contributed by atoms with Gasteiger partial charge in [0.1, 0.15) is 17.2 Å². The minimum Gasteiger partial charge on any atom is -0.490 e. The van der Waals surface area contributed by atoms with Gasteiger partial charge in [0.15, 0.2) is 0 Å². The molecule has 1 saturated heterocycles. The molecule has 2 aromatic rings. The molecule has 1 N–H and O–H groups in total. The van der Waals surface area contributed by atoms with Gasteiger partial charge >= 0.3 is 12.3 Å². The highest BCUT2D eigenvalue weighted by Crippen LogP contribution is 2.34. The van der Waals surface area contributed by atoms with Gasteiger partial charge in [-0.2, -0.15) is 18.4 Å². The summed E-state index contributed by atoms with van der Waals surface area (Å²) < 4.78 is 51.5. The summed E-state index contributed by atoms with van der Waals surface area (Å²) in [7, 11) is 0. The number of hydrogen-bond acceptors (Lipinski definition) is 7. The molecule has 39 heavy (non-hydrogen) atoms. The zero-order valence-corrected chi connectivity index (χ0v) is 22.4. The van der Waals surface area contributed by atoms with Crippen LogP contribution < -0.4 is 15.0 Å². The Morgan fingerprint density at radius 3 is 2.36 bits per heavy atom. The lowest BCUT2D eigenvalue weighted by Crippen LogP contribution is -2.50. The number of nitriles is 1. The van der Waals surface area contributed by atoms with Gasteiger partial charge in [-0.05, 0) is 70.7 Å². The van der Waals surface area contributed by atoms with Crippen LogP contribution in [0.25, 0.3) is 0 Å². The fraction of sp³-hybridized carbons (Fsp3) is 0.536. The van der Waals surface area contributed by atoms with Crippen molar-refractivity contribution in [2.45, 2.75) is 70.4 Å². The van der Waals surface area contributed by atoms with Gasteiger partial charge in [0.25, 0.3) is 0 Å². The Bertz CT molecular complexity index is 1190. The predicted molar refractivity (Wildman–Crippen MR) is 141 cm³/mol. The SMILES string of the molecule is CC(C)(C)OC(=O)N1CCN(c2cc(OC3CCC(Nc4ccc(C#N)c(C(F)(F)F)c4)CC3)ccn2)CC1. The van der Waals surface area contributed by atoms with Crippen LogP contribution in [0.3, 0.4) is 0 Å². The fourth-order valence-electron chi connectivity index (χ4n) is 4.81. The molecule has 11 heteroatoms. The number of anilines is 2. The number of rotatable bonds is 5. The highest BCUT2D eigenvalue weighted by molar-refractivity contribution is 5.68. The number of hydrogen-bond donors (Lipinski definition) is 1. The Kier molecular flexibility index (Phi) is 8.42. The Hall–Kier alpha value is -3.68. The quantitative estimate of drug-likeness (QED) is 0.505. The number of halogens is 3. The molecular weight excluding hydrogens is 511 g/mol. The van der Waals surface area contributed by atoms with E-state index in [4.69, 9.17) is 14.7 Å². The Morgan fingerprint density at radius 1 is 1.05 bits per heavy atom. The number of piperazine rings is 1. The Morgan fingerprint density at radius 2 is 1.74 bits per heavy atom. The van der Waals surface area contributed by atoms with Gasteiger partial charge in [-0.1, -0.05) is 0 Å². The van der Waals surface area contributed by atoms with Crippen LogP contribution in [0.5, 0.6) is 5.75 Å². The first-order chi connectivity index (χ1) is 18.4. The molecule has 0 unspecified atom stereocenters. The topological polar surface area (TPSA) is 90.7 Å². The highest BCUT2D eigenvalue weighted by Gasteiger charge is 2.34. The van der Waals surface area contributed by atoms with Crippen molar-refractivity contribution in [1.29, 1.82) is 5.26 Å². The molecule has 8 nitrogen and oxygen atoms in total. The van der Waals surface area contributed by atoms with Gasteiger partial charge in [0, 0.05) is 50.2 Å². The number of benzene rings is 1. The smallest absolute Gasteiger partial charge is 0.417 e. The average molecular weight is 546 g/mol. The van der Waals surface area contributed by atoms with Gasteiger partial charge in [-0.3, -0.25) is 0 Å². The second-order valence-electron chi connectivity index (χ2n) is 10.9. The monoisotopic (exact) mass is 545 g/mol. The van der Waals surface area contributed by atoms with Gasteiger partial charge in [-0.15, -0.1) is 0 Å². The predicted octanol–water partition coefficient (Wildman–Crippen LogP) is 5.83. The number of alkyl halides is 3. The summed E-state index contributed by atoms with van der Waals surface area (Å²) in [4.78, 5) is 20.6. The summed E-state index contributed by atoms with van der Waals surface area (Å²) in [5.74, 6) is 1.50. The van der Waals surface area contributed by atoms with E-state index in [0.717, 1.165) is 37.6 Å². The molecule has 0 spiro atoms. The summed E-state index contributed by atoms with van der Waals surface area (Å²) in [6.07, 6.45) is -0.178. The zero-order valence-electron chi connectivity index (χ0n) is 22.4. The van der Waals surface area contributed by atoms with Crippen LogP contribution in [0, 0.1) is 11.3 Å². The number of amides is 1. The Labute approximate surface area is 226 Å². The van der Waals surface area contributed by atoms with Crippen LogP contribution in [0.4, 0.5) is 29.5 Å². The second-order valence-corrected chi connectivity index (χ2v) is 10.9. The van der Waals surface area contributed by atoms with Crippen molar-refractivity contribution in [2.24, 2.45) is 0 Å². The third kappa shape index (κ3) is 7.68. The summed E-state index contributed by atoms with van der Waals surface area (Å²) >= 11 is 0.